The molecule has 1 spiro atoms. The van der Waals surface area contributed by atoms with Crippen molar-refractivity contribution in [3.63, 3.8) is 0 Å². The van der Waals surface area contributed by atoms with Gasteiger partial charge in [-0.25, -0.2) is 8.42 Å². The van der Waals surface area contributed by atoms with Crippen molar-refractivity contribution < 1.29 is 8.42 Å². The average Bonchev–Trinajstić information content (AvgIpc) is 3.17. The summed E-state index contributed by atoms with van der Waals surface area (Å²) in [5.41, 5.74) is 0.857. The maximum Gasteiger partial charge on any atom is 0.243 e. The lowest BCUT2D eigenvalue weighted by molar-refractivity contribution is 0.338. The van der Waals surface area contributed by atoms with Gasteiger partial charge in [-0.15, -0.1) is 12.4 Å². The largest absolute Gasteiger partial charge is 0.316 e. The van der Waals surface area contributed by atoms with Gasteiger partial charge in [-0.05, 0) is 49.1 Å². The van der Waals surface area contributed by atoms with Crippen LogP contribution in [0.1, 0.15) is 12.8 Å². The van der Waals surface area contributed by atoms with Crippen LogP contribution in [-0.2, 0) is 10.0 Å². The van der Waals surface area contributed by atoms with Gasteiger partial charge in [-0.2, -0.15) is 4.31 Å². The first-order valence-corrected chi connectivity index (χ1v) is 9.10. The van der Waals surface area contributed by atoms with E-state index >= 15 is 0 Å². The molecular formula is C16H20ClN3O2S. The fourth-order valence-electron chi connectivity index (χ4n) is 3.68. The summed E-state index contributed by atoms with van der Waals surface area (Å²) >= 11 is 0. The van der Waals surface area contributed by atoms with Crippen LogP contribution in [0.3, 0.4) is 0 Å². The van der Waals surface area contributed by atoms with Gasteiger partial charge in [-0.1, -0.05) is 6.07 Å². The monoisotopic (exact) mass is 353 g/mol. The number of sulfonamides is 1. The highest BCUT2D eigenvalue weighted by Crippen LogP contribution is 2.39. The highest BCUT2D eigenvalue weighted by Gasteiger charge is 2.44. The Hall–Kier alpha value is -1.21. The molecule has 1 atom stereocenters. The summed E-state index contributed by atoms with van der Waals surface area (Å²) in [4.78, 5) is 4.64. The van der Waals surface area contributed by atoms with Crippen molar-refractivity contribution in [1.82, 2.24) is 14.6 Å². The third-order valence-electron chi connectivity index (χ3n) is 4.96. The van der Waals surface area contributed by atoms with E-state index in [0.717, 1.165) is 31.4 Å². The van der Waals surface area contributed by atoms with Crippen molar-refractivity contribution in [3.8, 4) is 0 Å². The molecule has 0 amide bonds. The van der Waals surface area contributed by atoms with Crippen molar-refractivity contribution in [2.45, 2.75) is 17.7 Å². The SMILES string of the molecule is Cl.O=S(=O)(c1cccc2ncccc12)N1CCC2(CCNC2)C1. The van der Waals surface area contributed by atoms with Crippen molar-refractivity contribution in [1.29, 1.82) is 0 Å². The van der Waals surface area contributed by atoms with Crippen LogP contribution < -0.4 is 5.32 Å². The van der Waals surface area contributed by atoms with E-state index in [0.29, 0.717) is 23.4 Å². The maximum absolute atomic E-state index is 13.1. The predicted octanol–water partition coefficient (Wildman–Crippen LogP) is 2.03. The zero-order valence-electron chi connectivity index (χ0n) is 12.7. The summed E-state index contributed by atoms with van der Waals surface area (Å²) in [5.74, 6) is 0. The Morgan fingerprint density at radius 3 is 2.83 bits per heavy atom. The summed E-state index contributed by atoms with van der Waals surface area (Å²) in [6, 6.07) is 8.93. The Kier molecular flexibility index (Phi) is 4.35. The summed E-state index contributed by atoms with van der Waals surface area (Å²) in [7, 11) is -3.46. The Bertz CT molecular complexity index is 814. The van der Waals surface area contributed by atoms with Crippen LogP contribution >= 0.6 is 12.4 Å². The molecule has 2 aliphatic heterocycles. The third-order valence-corrected chi connectivity index (χ3v) is 6.86. The van der Waals surface area contributed by atoms with Crippen molar-refractivity contribution >= 4 is 33.3 Å². The Labute approximate surface area is 142 Å². The van der Waals surface area contributed by atoms with E-state index in [2.05, 4.69) is 10.3 Å². The molecule has 2 saturated heterocycles. The molecule has 124 valence electrons. The van der Waals surface area contributed by atoms with E-state index in [1.165, 1.54) is 0 Å². The second-order valence-electron chi connectivity index (χ2n) is 6.34. The lowest BCUT2D eigenvalue weighted by atomic mass is 9.87. The van der Waals surface area contributed by atoms with Crippen LogP contribution in [0, 0.1) is 5.41 Å². The molecule has 0 radical (unpaired) electrons. The predicted molar refractivity (Wildman–Crippen MR) is 92.3 cm³/mol. The summed E-state index contributed by atoms with van der Waals surface area (Å²) in [5, 5.41) is 4.07. The topological polar surface area (TPSA) is 62.3 Å². The van der Waals surface area contributed by atoms with E-state index in [4.69, 9.17) is 0 Å². The van der Waals surface area contributed by atoms with Gasteiger partial charge in [0.05, 0.1) is 10.4 Å². The number of nitrogens with one attached hydrogen (secondary N) is 1. The van der Waals surface area contributed by atoms with E-state index in [9.17, 15) is 8.42 Å². The molecule has 2 aromatic rings. The van der Waals surface area contributed by atoms with Gasteiger partial charge in [-0.3, -0.25) is 4.98 Å². The van der Waals surface area contributed by atoms with Crippen molar-refractivity contribution in [2.24, 2.45) is 5.41 Å². The molecule has 0 bridgehead atoms. The highest BCUT2D eigenvalue weighted by atomic mass is 35.5. The number of hydrogen-bond donors (Lipinski definition) is 1. The van der Waals surface area contributed by atoms with Gasteiger partial charge < -0.3 is 5.32 Å². The fraction of sp³-hybridized carbons (Fsp3) is 0.438. The zero-order valence-corrected chi connectivity index (χ0v) is 14.4. The highest BCUT2D eigenvalue weighted by molar-refractivity contribution is 7.89. The minimum absolute atomic E-state index is 0. The third kappa shape index (κ3) is 2.74. The number of nitrogens with zero attached hydrogens (tertiary/aromatic N) is 2. The van der Waals surface area contributed by atoms with Crippen LogP contribution in [0.4, 0.5) is 0 Å². The minimum Gasteiger partial charge on any atom is -0.316 e. The maximum atomic E-state index is 13.1. The molecule has 1 unspecified atom stereocenters. The van der Waals surface area contributed by atoms with Gasteiger partial charge in [0, 0.05) is 31.2 Å². The van der Waals surface area contributed by atoms with Gasteiger partial charge in [0.2, 0.25) is 10.0 Å². The second kappa shape index (κ2) is 6.02. The molecule has 2 fully saturated rings. The first kappa shape index (κ1) is 16.6. The van der Waals surface area contributed by atoms with Crippen LogP contribution in [0.2, 0.25) is 0 Å². The van der Waals surface area contributed by atoms with Gasteiger partial charge in [0.15, 0.2) is 0 Å². The second-order valence-corrected chi connectivity index (χ2v) is 8.25. The molecule has 5 nitrogen and oxygen atoms in total. The number of rotatable bonds is 2. The van der Waals surface area contributed by atoms with Crippen molar-refractivity contribution in [2.75, 3.05) is 26.2 Å². The number of hydrogen-bond acceptors (Lipinski definition) is 4. The number of pyridine rings is 1. The lowest BCUT2D eigenvalue weighted by Crippen LogP contribution is -2.33. The number of benzene rings is 1. The Balaban J connectivity index is 0.00000156. The number of halogens is 1. The van der Waals surface area contributed by atoms with E-state index in [1.807, 2.05) is 12.1 Å². The molecule has 0 aliphatic carbocycles. The molecule has 0 saturated carbocycles. The average molecular weight is 354 g/mol. The van der Waals surface area contributed by atoms with Gasteiger partial charge >= 0.3 is 0 Å². The number of aromatic nitrogens is 1. The van der Waals surface area contributed by atoms with Gasteiger partial charge in [0.1, 0.15) is 0 Å². The Morgan fingerprint density at radius 1 is 1.17 bits per heavy atom. The van der Waals surface area contributed by atoms with Crippen LogP contribution in [0.25, 0.3) is 10.9 Å². The molecule has 1 aromatic heterocycles. The Morgan fingerprint density at radius 2 is 2.04 bits per heavy atom. The first-order chi connectivity index (χ1) is 10.6. The van der Waals surface area contributed by atoms with E-state index < -0.39 is 10.0 Å². The zero-order chi connectivity index (χ0) is 15.2. The molecule has 2 aliphatic rings. The molecular weight excluding hydrogens is 334 g/mol. The smallest absolute Gasteiger partial charge is 0.243 e. The molecule has 23 heavy (non-hydrogen) atoms. The summed E-state index contributed by atoms with van der Waals surface area (Å²) < 4.78 is 27.8. The standard InChI is InChI=1S/C16H19N3O2S.ClH/c20-22(21,19-10-7-16(12-19)6-9-17-11-16)15-5-1-4-14-13(15)3-2-8-18-14;/h1-5,8,17H,6-7,9-12H2;1H. The normalized spacial score (nSPS) is 25.0. The molecule has 1 aromatic carbocycles. The molecule has 3 heterocycles. The van der Waals surface area contributed by atoms with E-state index in [1.54, 1.807) is 28.7 Å². The first-order valence-electron chi connectivity index (χ1n) is 7.65. The summed E-state index contributed by atoms with van der Waals surface area (Å²) in [6.07, 6.45) is 3.70. The van der Waals surface area contributed by atoms with Crippen LogP contribution in [0.5, 0.6) is 0 Å². The van der Waals surface area contributed by atoms with Crippen LogP contribution in [-0.4, -0.2) is 43.9 Å². The van der Waals surface area contributed by atoms with Gasteiger partial charge in [0.25, 0.3) is 0 Å². The van der Waals surface area contributed by atoms with Crippen LogP contribution in [0.15, 0.2) is 41.4 Å². The van der Waals surface area contributed by atoms with E-state index in [-0.39, 0.29) is 17.8 Å². The minimum atomic E-state index is -3.46. The van der Waals surface area contributed by atoms with Crippen molar-refractivity contribution in [3.05, 3.63) is 36.5 Å². The lowest BCUT2D eigenvalue weighted by Gasteiger charge is -2.23. The molecule has 1 N–H and O–H groups in total. The molecule has 7 heteroatoms. The number of fused-ring (bicyclic) bond motifs is 1. The fourth-order valence-corrected chi connectivity index (χ4v) is 5.44. The molecule has 4 rings (SSSR count). The quantitative estimate of drug-likeness (QED) is 0.897. The summed E-state index contributed by atoms with van der Waals surface area (Å²) in [6.45, 7) is 3.15.